The maximum atomic E-state index is 12.0. The van der Waals surface area contributed by atoms with Crippen LogP contribution in [0.1, 0.15) is 16.1 Å². The lowest BCUT2D eigenvalue weighted by molar-refractivity contribution is 0.102. The van der Waals surface area contributed by atoms with Crippen LogP contribution in [0, 0.1) is 0 Å². The highest BCUT2D eigenvalue weighted by Crippen LogP contribution is 2.15. The Labute approximate surface area is 128 Å². The molecule has 1 heterocycles. The number of carbonyl (C=O) groups is 1. The van der Waals surface area contributed by atoms with Crippen molar-refractivity contribution >= 4 is 17.3 Å². The van der Waals surface area contributed by atoms with Gasteiger partial charge in [0.2, 0.25) is 0 Å². The highest BCUT2D eigenvalue weighted by Gasteiger charge is 2.04. The Bertz CT molecular complexity index is 720. The summed E-state index contributed by atoms with van der Waals surface area (Å²) in [5, 5.41) is 6.12. The number of benzene rings is 2. The van der Waals surface area contributed by atoms with Crippen LogP contribution in [0.5, 0.6) is 0 Å². The van der Waals surface area contributed by atoms with Gasteiger partial charge in [0.1, 0.15) is 5.76 Å². The van der Waals surface area contributed by atoms with E-state index in [1.54, 1.807) is 18.4 Å². The molecular formula is C18H16N2O2. The van der Waals surface area contributed by atoms with Gasteiger partial charge >= 0.3 is 0 Å². The third-order valence-electron chi connectivity index (χ3n) is 3.23. The van der Waals surface area contributed by atoms with E-state index >= 15 is 0 Å². The zero-order valence-electron chi connectivity index (χ0n) is 12.0. The summed E-state index contributed by atoms with van der Waals surface area (Å²) in [5.41, 5.74) is 2.37. The summed E-state index contributed by atoms with van der Waals surface area (Å²) < 4.78 is 5.26. The molecule has 0 saturated carbocycles. The fraction of sp³-hybridized carbons (Fsp3) is 0.0556. The number of furan rings is 1. The van der Waals surface area contributed by atoms with Gasteiger partial charge in [-0.25, -0.2) is 0 Å². The van der Waals surface area contributed by atoms with E-state index < -0.39 is 0 Å². The molecule has 2 N–H and O–H groups in total. The summed E-state index contributed by atoms with van der Waals surface area (Å²) >= 11 is 0. The van der Waals surface area contributed by atoms with Gasteiger partial charge in [-0.3, -0.25) is 4.79 Å². The molecule has 4 nitrogen and oxygen atoms in total. The molecule has 110 valence electrons. The van der Waals surface area contributed by atoms with Gasteiger partial charge in [0.15, 0.2) is 0 Å². The second kappa shape index (κ2) is 6.63. The maximum Gasteiger partial charge on any atom is 0.255 e. The average Bonchev–Trinajstić information content (AvgIpc) is 3.08. The minimum absolute atomic E-state index is 0.114. The quantitative estimate of drug-likeness (QED) is 0.743. The molecule has 0 fully saturated rings. The highest BCUT2D eigenvalue weighted by atomic mass is 16.3. The molecule has 0 atom stereocenters. The second-order valence-electron chi connectivity index (χ2n) is 4.83. The van der Waals surface area contributed by atoms with E-state index in [1.807, 2.05) is 54.6 Å². The van der Waals surface area contributed by atoms with Crippen molar-refractivity contribution in [3.8, 4) is 0 Å². The van der Waals surface area contributed by atoms with Gasteiger partial charge in [0.25, 0.3) is 5.91 Å². The van der Waals surface area contributed by atoms with E-state index in [9.17, 15) is 4.79 Å². The van der Waals surface area contributed by atoms with Crippen molar-refractivity contribution in [2.75, 3.05) is 10.6 Å². The number of hydrogen-bond acceptors (Lipinski definition) is 3. The molecule has 4 heteroatoms. The molecule has 0 unspecified atom stereocenters. The van der Waals surface area contributed by atoms with Crippen LogP contribution < -0.4 is 10.6 Å². The molecule has 0 radical (unpaired) electrons. The van der Waals surface area contributed by atoms with Crippen molar-refractivity contribution < 1.29 is 9.21 Å². The van der Waals surface area contributed by atoms with Gasteiger partial charge in [-0.2, -0.15) is 0 Å². The minimum atomic E-state index is -0.114. The topological polar surface area (TPSA) is 54.3 Å². The van der Waals surface area contributed by atoms with Crippen LogP contribution in [0.4, 0.5) is 11.4 Å². The Kier molecular flexibility index (Phi) is 4.20. The molecule has 22 heavy (non-hydrogen) atoms. The van der Waals surface area contributed by atoms with Crippen molar-refractivity contribution in [1.82, 2.24) is 0 Å². The Morgan fingerprint density at radius 2 is 1.59 bits per heavy atom. The third kappa shape index (κ3) is 3.55. The minimum Gasteiger partial charge on any atom is -0.467 e. The monoisotopic (exact) mass is 292 g/mol. The van der Waals surface area contributed by atoms with Gasteiger partial charge in [0.05, 0.1) is 12.8 Å². The van der Waals surface area contributed by atoms with Crippen molar-refractivity contribution in [2.24, 2.45) is 0 Å². The van der Waals surface area contributed by atoms with Crippen LogP contribution >= 0.6 is 0 Å². The van der Waals surface area contributed by atoms with E-state index in [2.05, 4.69) is 10.6 Å². The fourth-order valence-electron chi connectivity index (χ4n) is 2.07. The van der Waals surface area contributed by atoms with Crippen molar-refractivity contribution in [1.29, 1.82) is 0 Å². The molecule has 2 aromatic carbocycles. The van der Waals surface area contributed by atoms with E-state index in [0.717, 1.165) is 17.1 Å². The Hall–Kier alpha value is -3.01. The third-order valence-corrected chi connectivity index (χ3v) is 3.23. The maximum absolute atomic E-state index is 12.0. The van der Waals surface area contributed by atoms with Crippen LogP contribution in [-0.2, 0) is 6.54 Å². The van der Waals surface area contributed by atoms with Gasteiger partial charge in [0, 0.05) is 16.9 Å². The van der Waals surface area contributed by atoms with Crippen molar-refractivity contribution in [3.05, 3.63) is 84.3 Å². The zero-order valence-corrected chi connectivity index (χ0v) is 12.0. The normalized spacial score (nSPS) is 10.2. The molecule has 3 aromatic rings. The first-order chi connectivity index (χ1) is 10.8. The first kappa shape index (κ1) is 13.9. The van der Waals surface area contributed by atoms with Gasteiger partial charge in [-0.15, -0.1) is 0 Å². The van der Waals surface area contributed by atoms with Gasteiger partial charge in [-0.05, 0) is 48.5 Å². The van der Waals surface area contributed by atoms with Crippen LogP contribution in [0.2, 0.25) is 0 Å². The van der Waals surface area contributed by atoms with E-state index in [4.69, 9.17) is 4.42 Å². The second-order valence-corrected chi connectivity index (χ2v) is 4.83. The zero-order chi connectivity index (χ0) is 15.2. The predicted molar refractivity (Wildman–Crippen MR) is 86.9 cm³/mol. The standard InChI is InChI=1S/C18H16N2O2/c21-18(14-5-2-1-3-6-14)20-16-10-8-15(9-11-16)19-13-17-7-4-12-22-17/h1-12,19H,13H2,(H,20,21). The predicted octanol–water partition coefficient (Wildman–Crippen LogP) is 4.14. The molecule has 0 saturated heterocycles. The lowest BCUT2D eigenvalue weighted by Crippen LogP contribution is -2.11. The molecule has 3 rings (SSSR count). The highest BCUT2D eigenvalue weighted by molar-refractivity contribution is 6.04. The number of rotatable bonds is 5. The number of hydrogen-bond donors (Lipinski definition) is 2. The molecule has 0 spiro atoms. The average molecular weight is 292 g/mol. The summed E-state index contributed by atoms with van der Waals surface area (Å²) in [6.45, 7) is 0.628. The summed E-state index contributed by atoms with van der Waals surface area (Å²) in [5.74, 6) is 0.762. The molecule has 0 aliphatic rings. The number of nitrogens with one attached hydrogen (secondary N) is 2. The SMILES string of the molecule is O=C(Nc1ccc(NCc2ccco2)cc1)c1ccccc1. The van der Waals surface area contributed by atoms with E-state index in [1.165, 1.54) is 0 Å². The molecule has 0 aliphatic carbocycles. The smallest absolute Gasteiger partial charge is 0.255 e. The van der Waals surface area contributed by atoms with E-state index in [-0.39, 0.29) is 5.91 Å². The summed E-state index contributed by atoms with van der Waals surface area (Å²) in [7, 11) is 0. The van der Waals surface area contributed by atoms with Gasteiger partial charge in [-0.1, -0.05) is 18.2 Å². The van der Waals surface area contributed by atoms with Crippen LogP contribution in [0.25, 0.3) is 0 Å². The Morgan fingerprint density at radius 3 is 2.27 bits per heavy atom. The lowest BCUT2D eigenvalue weighted by atomic mass is 10.2. The molecule has 0 aliphatic heterocycles. The van der Waals surface area contributed by atoms with Crippen LogP contribution in [-0.4, -0.2) is 5.91 Å². The fourth-order valence-corrected chi connectivity index (χ4v) is 2.07. The first-order valence-electron chi connectivity index (χ1n) is 7.04. The van der Waals surface area contributed by atoms with Gasteiger partial charge < -0.3 is 15.1 Å². The summed E-state index contributed by atoms with van der Waals surface area (Å²) in [6.07, 6.45) is 1.65. The van der Waals surface area contributed by atoms with Crippen LogP contribution in [0.3, 0.4) is 0 Å². The number of anilines is 2. The molecule has 0 bridgehead atoms. The van der Waals surface area contributed by atoms with Crippen molar-refractivity contribution in [2.45, 2.75) is 6.54 Å². The molecule has 1 amide bonds. The number of carbonyl (C=O) groups excluding carboxylic acids is 1. The number of amides is 1. The summed E-state index contributed by atoms with van der Waals surface area (Å²) in [4.78, 5) is 12.0. The summed E-state index contributed by atoms with van der Waals surface area (Å²) in [6, 6.07) is 20.5. The first-order valence-corrected chi connectivity index (χ1v) is 7.04. The van der Waals surface area contributed by atoms with E-state index in [0.29, 0.717) is 12.1 Å². The van der Waals surface area contributed by atoms with Crippen LogP contribution in [0.15, 0.2) is 77.4 Å². The Morgan fingerprint density at radius 1 is 0.864 bits per heavy atom. The van der Waals surface area contributed by atoms with Crippen molar-refractivity contribution in [3.63, 3.8) is 0 Å². The lowest BCUT2D eigenvalue weighted by Gasteiger charge is -2.08. The molecular weight excluding hydrogens is 276 g/mol. The largest absolute Gasteiger partial charge is 0.467 e. The Balaban J connectivity index is 1.58. The molecule has 1 aromatic heterocycles.